The minimum atomic E-state index is -0.0934. The molecule has 3 N–H and O–H groups in total. The summed E-state index contributed by atoms with van der Waals surface area (Å²) >= 11 is 0. The predicted molar refractivity (Wildman–Crippen MR) is 78.7 cm³/mol. The molecule has 3 rings (SSSR count). The molecule has 0 aromatic heterocycles. The Morgan fingerprint density at radius 2 is 2.25 bits per heavy atom. The van der Waals surface area contributed by atoms with Crippen LogP contribution in [-0.4, -0.2) is 19.6 Å². The van der Waals surface area contributed by atoms with Gasteiger partial charge in [-0.3, -0.25) is 4.79 Å². The van der Waals surface area contributed by atoms with Crippen LogP contribution in [0.4, 0.5) is 5.69 Å². The van der Waals surface area contributed by atoms with Crippen molar-refractivity contribution in [3.05, 3.63) is 23.8 Å². The first-order valence-corrected chi connectivity index (χ1v) is 7.39. The van der Waals surface area contributed by atoms with Crippen molar-refractivity contribution in [2.75, 3.05) is 19.4 Å². The maximum atomic E-state index is 12.2. The SMILES string of the molecule is COc1cccc(C(=O)NCC2CC3CCC2C3)c1N. The molecule has 2 saturated carbocycles. The Morgan fingerprint density at radius 1 is 1.40 bits per heavy atom. The fourth-order valence-electron chi connectivity index (χ4n) is 3.87. The standard InChI is InChI=1S/C16H22N2O2/c1-20-14-4-2-3-13(15(14)17)16(19)18-9-12-8-10-5-6-11(12)7-10/h2-4,10-12H,5-9,17H2,1H3,(H,18,19). The van der Waals surface area contributed by atoms with Crippen LogP contribution in [0.1, 0.15) is 36.0 Å². The van der Waals surface area contributed by atoms with Crippen molar-refractivity contribution >= 4 is 11.6 Å². The van der Waals surface area contributed by atoms with Crippen LogP contribution >= 0.6 is 0 Å². The maximum Gasteiger partial charge on any atom is 0.253 e. The third-order valence-corrected chi connectivity index (χ3v) is 4.94. The lowest BCUT2D eigenvalue weighted by Gasteiger charge is -2.22. The molecule has 3 atom stereocenters. The van der Waals surface area contributed by atoms with E-state index >= 15 is 0 Å². The second-order valence-corrected chi connectivity index (χ2v) is 6.07. The summed E-state index contributed by atoms with van der Waals surface area (Å²) in [6, 6.07) is 5.30. The lowest BCUT2D eigenvalue weighted by Crippen LogP contribution is -2.32. The monoisotopic (exact) mass is 274 g/mol. The number of ether oxygens (including phenoxy) is 1. The number of benzene rings is 1. The number of methoxy groups -OCH3 is 1. The molecule has 4 nitrogen and oxygen atoms in total. The summed E-state index contributed by atoms with van der Waals surface area (Å²) < 4.78 is 5.15. The summed E-state index contributed by atoms with van der Waals surface area (Å²) in [7, 11) is 1.56. The molecule has 108 valence electrons. The highest BCUT2D eigenvalue weighted by molar-refractivity contribution is 6.00. The number of hydrogen-bond donors (Lipinski definition) is 2. The van der Waals surface area contributed by atoms with Gasteiger partial charge in [-0.05, 0) is 49.1 Å². The lowest BCUT2D eigenvalue weighted by atomic mass is 9.89. The highest BCUT2D eigenvalue weighted by Gasteiger charge is 2.39. The Labute approximate surface area is 119 Å². The highest BCUT2D eigenvalue weighted by atomic mass is 16.5. The van der Waals surface area contributed by atoms with E-state index in [0.717, 1.165) is 18.4 Å². The Hall–Kier alpha value is -1.71. The van der Waals surface area contributed by atoms with Gasteiger partial charge in [0, 0.05) is 6.54 Å². The number of nitrogens with two attached hydrogens (primary N) is 1. The molecule has 0 saturated heterocycles. The van der Waals surface area contributed by atoms with Gasteiger partial charge in [0.15, 0.2) is 0 Å². The molecule has 0 spiro atoms. The van der Waals surface area contributed by atoms with Crippen molar-refractivity contribution in [2.24, 2.45) is 17.8 Å². The molecule has 3 unspecified atom stereocenters. The zero-order valence-corrected chi connectivity index (χ0v) is 11.9. The summed E-state index contributed by atoms with van der Waals surface area (Å²) in [4.78, 5) is 12.2. The Morgan fingerprint density at radius 3 is 2.90 bits per heavy atom. The summed E-state index contributed by atoms with van der Waals surface area (Å²) in [5, 5.41) is 3.04. The van der Waals surface area contributed by atoms with Crippen molar-refractivity contribution in [1.82, 2.24) is 5.32 Å². The predicted octanol–water partition coefficient (Wildman–Crippen LogP) is 2.44. The van der Waals surface area contributed by atoms with Crippen LogP contribution < -0.4 is 15.8 Å². The topological polar surface area (TPSA) is 64.3 Å². The molecule has 1 aromatic carbocycles. The van der Waals surface area contributed by atoms with Crippen LogP contribution in [0.2, 0.25) is 0 Å². The summed E-state index contributed by atoms with van der Waals surface area (Å²) in [6.45, 7) is 0.774. The van der Waals surface area contributed by atoms with Crippen molar-refractivity contribution in [3.8, 4) is 5.75 Å². The smallest absolute Gasteiger partial charge is 0.253 e. The minimum Gasteiger partial charge on any atom is -0.495 e. The average Bonchev–Trinajstić information content (AvgIpc) is 3.07. The number of nitrogens with one attached hydrogen (secondary N) is 1. The van der Waals surface area contributed by atoms with Crippen LogP contribution in [-0.2, 0) is 0 Å². The van der Waals surface area contributed by atoms with E-state index in [1.54, 1.807) is 25.3 Å². The van der Waals surface area contributed by atoms with Crippen molar-refractivity contribution in [2.45, 2.75) is 25.7 Å². The van der Waals surface area contributed by atoms with E-state index in [1.165, 1.54) is 25.7 Å². The molecule has 0 radical (unpaired) electrons. The molecular weight excluding hydrogens is 252 g/mol. The minimum absolute atomic E-state index is 0.0934. The quantitative estimate of drug-likeness (QED) is 0.829. The second-order valence-electron chi connectivity index (χ2n) is 6.07. The lowest BCUT2D eigenvalue weighted by molar-refractivity contribution is 0.0942. The van der Waals surface area contributed by atoms with Crippen LogP contribution in [0.5, 0.6) is 5.75 Å². The molecule has 0 aliphatic heterocycles. The van der Waals surface area contributed by atoms with Gasteiger partial charge in [-0.25, -0.2) is 0 Å². The number of fused-ring (bicyclic) bond motifs is 2. The number of nitrogen functional groups attached to an aromatic ring is 1. The summed E-state index contributed by atoms with van der Waals surface area (Å²) in [5.41, 5.74) is 6.88. The third kappa shape index (κ3) is 2.35. The normalized spacial score (nSPS) is 27.6. The van der Waals surface area contributed by atoms with E-state index in [2.05, 4.69) is 5.32 Å². The van der Waals surface area contributed by atoms with Crippen LogP contribution in [0, 0.1) is 17.8 Å². The van der Waals surface area contributed by atoms with Crippen molar-refractivity contribution < 1.29 is 9.53 Å². The molecule has 2 fully saturated rings. The molecular formula is C16H22N2O2. The van der Waals surface area contributed by atoms with E-state index in [9.17, 15) is 4.79 Å². The molecule has 2 aliphatic rings. The Balaban J connectivity index is 1.62. The van der Waals surface area contributed by atoms with Crippen LogP contribution in [0.3, 0.4) is 0 Å². The fraction of sp³-hybridized carbons (Fsp3) is 0.562. The van der Waals surface area contributed by atoms with Gasteiger partial charge in [0.1, 0.15) is 5.75 Å². The fourth-order valence-corrected chi connectivity index (χ4v) is 3.87. The average molecular weight is 274 g/mol. The van der Waals surface area contributed by atoms with E-state index in [-0.39, 0.29) is 5.91 Å². The molecule has 0 heterocycles. The number of amides is 1. The first kappa shape index (κ1) is 13.3. The second kappa shape index (κ2) is 5.35. The van der Waals surface area contributed by atoms with Gasteiger partial charge < -0.3 is 15.8 Å². The van der Waals surface area contributed by atoms with Gasteiger partial charge in [0.05, 0.1) is 18.4 Å². The first-order chi connectivity index (χ1) is 9.69. The number of rotatable bonds is 4. The van der Waals surface area contributed by atoms with E-state index < -0.39 is 0 Å². The number of carbonyl (C=O) groups excluding carboxylic acids is 1. The number of para-hydroxylation sites is 1. The molecule has 4 heteroatoms. The number of anilines is 1. The van der Waals surface area contributed by atoms with E-state index in [0.29, 0.717) is 22.9 Å². The largest absolute Gasteiger partial charge is 0.495 e. The van der Waals surface area contributed by atoms with Crippen LogP contribution in [0.15, 0.2) is 18.2 Å². The Bertz CT molecular complexity index is 515. The molecule has 1 aromatic rings. The van der Waals surface area contributed by atoms with Crippen molar-refractivity contribution in [1.29, 1.82) is 0 Å². The number of hydrogen-bond acceptors (Lipinski definition) is 3. The number of carbonyl (C=O) groups is 1. The van der Waals surface area contributed by atoms with E-state index in [1.807, 2.05) is 0 Å². The van der Waals surface area contributed by atoms with Gasteiger partial charge in [0.25, 0.3) is 5.91 Å². The van der Waals surface area contributed by atoms with Crippen LogP contribution in [0.25, 0.3) is 0 Å². The zero-order valence-electron chi connectivity index (χ0n) is 11.9. The molecule has 1 amide bonds. The van der Waals surface area contributed by atoms with E-state index in [4.69, 9.17) is 10.5 Å². The zero-order chi connectivity index (χ0) is 14.1. The molecule has 20 heavy (non-hydrogen) atoms. The van der Waals surface area contributed by atoms with Crippen molar-refractivity contribution in [3.63, 3.8) is 0 Å². The Kier molecular flexibility index (Phi) is 3.55. The summed E-state index contributed by atoms with van der Waals surface area (Å²) in [5.74, 6) is 2.85. The maximum absolute atomic E-state index is 12.2. The highest BCUT2D eigenvalue weighted by Crippen LogP contribution is 2.47. The van der Waals surface area contributed by atoms with Gasteiger partial charge in [-0.15, -0.1) is 0 Å². The van der Waals surface area contributed by atoms with Gasteiger partial charge in [-0.1, -0.05) is 12.5 Å². The summed E-state index contributed by atoms with van der Waals surface area (Å²) in [6.07, 6.45) is 5.37. The molecule has 2 bridgehead atoms. The van der Waals surface area contributed by atoms with Gasteiger partial charge in [-0.2, -0.15) is 0 Å². The van der Waals surface area contributed by atoms with Gasteiger partial charge in [0.2, 0.25) is 0 Å². The first-order valence-electron chi connectivity index (χ1n) is 7.39. The van der Waals surface area contributed by atoms with Gasteiger partial charge >= 0.3 is 0 Å². The third-order valence-electron chi connectivity index (χ3n) is 4.94. The molecule has 2 aliphatic carbocycles.